The van der Waals surface area contributed by atoms with Gasteiger partial charge in [-0.2, -0.15) is 5.10 Å². The molecule has 26 heavy (non-hydrogen) atoms. The van der Waals surface area contributed by atoms with E-state index < -0.39 is 11.9 Å². The van der Waals surface area contributed by atoms with Crippen LogP contribution in [0.4, 0.5) is 0 Å². The number of nitrogens with zero attached hydrogens (tertiary/aromatic N) is 1. The molecule has 3 aromatic rings. The van der Waals surface area contributed by atoms with Crippen LogP contribution >= 0.6 is 11.6 Å². The Kier molecular flexibility index (Phi) is 5.34. The van der Waals surface area contributed by atoms with E-state index in [1.54, 1.807) is 18.2 Å². The average Bonchev–Trinajstić information content (AvgIpc) is 3.11. The highest BCUT2D eigenvalue weighted by atomic mass is 35.5. The van der Waals surface area contributed by atoms with Crippen LogP contribution in [0.1, 0.15) is 28.4 Å². The van der Waals surface area contributed by atoms with Crippen molar-refractivity contribution >= 4 is 23.4 Å². The van der Waals surface area contributed by atoms with Gasteiger partial charge < -0.3 is 11.1 Å². The lowest BCUT2D eigenvalue weighted by molar-refractivity contribution is -0.118. The molecule has 0 unspecified atom stereocenters. The predicted molar refractivity (Wildman–Crippen MR) is 99.5 cm³/mol. The number of benzene rings is 2. The number of H-pyrrole nitrogens is 1. The fourth-order valence-corrected chi connectivity index (χ4v) is 2.93. The lowest BCUT2D eigenvalue weighted by Crippen LogP contribution is -2.31. The summed E-state index contributed by atoms with van der Waals surface area (Å²) in [7, 11) is 0. The minimum atomic E-state index is -0.532. The van der Waals surface area contributed by atoms with Crippen molar-refractivity contribution in [2.24, 2.45) is 5.73 Å². The lowest BCUT2D eigenvalue weighted by atomic mass is 10.0. The summed E-state index contributed by atoms with van der Waals surface area (Å²) in [6.45, 7) is 0. The molecule has 132 valence electrons. The first kappa shape index (κ1) is 17.7. The third-order valence-electron chi connectivity index (χ3n) is 3.94. The third kappa shape index (κ3) is 3.92. The van der Waals surface area contributed by atoms with Crippen LogP contribution in [0, 0.1) is 0 Å². The average molecular weight is 369 g/mol. The fourth-order valence-electron chi connectivity index (χ4n) is 2.70. The van der Waals surface area contributed by atoms with Gasteiger partial charge in [0.2, 0.25) is 5.91 Å². The second-order valence-electron chi connectivity index (χ2n) is 5.75. The van der Waals surface area contributed by atoms with Crippen LogP contribution < -0.4 is 11.1 Å². The van der Waals surface area contributed by atoms with Gasteiger partial charge in [0.05, 0.1) is 29.9 Å². The van der Waals surface area contributed by atoms with Crippen LogP contribution in [0.25, 0.3) is 11.3 Å². The number of carbonyl (C=O) groups excluding carboxylic acids is 2. The number of amides is 2. The molecule has 1 aromatic heterocycles. The van der Waals surface area contributed by atoms with Crippen molar-refractivity contribution < 1.29 is 9.59 Å². The van der Waals surface area contributed by atoms with Gasteiger partial charge in [-0.05, 0) is 11.6 Å². The van der Waals surface area contributed by atoms with Gasteiger partial charge in [0.15, 0.2) is 0 Å². The maximum Gasteiger partial charge on any atom is 0.255 e. The summed E-state index contributed by atoms with van der Waals surface area (Å²) in [5.74, 6) is -0.874. The van der Waals surface area contributed by atoms with E-state index in [4.69, 9.17) is 17.3 Å². The van der Waals surface area contributed by atoms with Crippen LogP contribution in [-0.4, -0.2) is 22.0 Å². The van der Waals surface area contributed by atoms with Gasteiger partial charge >= 0.3 is 0 Å². The molecule has 1 atom stereocenters. The van der Waals surface area contributed by atoms with Gasteiger partial charge in [-0.15, -0.1) is 0 Å². The van der Waals surface area contributed by atoms with Crippen LogP contribution in [0.15, 0.2) is 60.8 Å². The summed E-state index contributed by atoms with van der Waals surface area (Å²) < 4.78 is 0. The molecule has 0 radical (unpaired) electrons. The number of hydrogen-bond donors (Lipinski definition) is 3. The summed E-state index contributed by atoms with van der Waals surface area (Å²) in [5.41, 5.74) is 7.65. The second-order valence-corrected chi connectivity index (χ2v) is 6.15. The topological polar surface area (TPSA) is 101 Å². The van der Waals surface area contributed by atoms with Crippen molar-refractivity contribution in [2.45, 2.75) is 12.5 Å². The fraction of sp³-hybridized carbons (Fsp3) is 0.105. The molecule has 6 nitrogen and oxygen atoms in total. The van der Waals surface area contributed by atoms with Crippen molar-refractivity contribution in [1.82, 2.24) is 15.5 Å². The van der Waals surface area contributed by atoms with Crippen molar-refractivity contribution in [3.05, 3.63) is 76.9 Å². The van der Waals surface area contributed by atoms with E-state index in [9.17, 15) is 9.59 Å². The molecule has 0 bridgehead atoms. The highest BCUT2D eigenvalue weighted by Crippen LogP contribution is 2.29. The number of aromatic amines is 1. The lowest BCUT2D eigenvalue weighted by Gasteiger charge is -2.18. The molecule has 7 heteroatoms. The van der Waals surface area contributed by atoms with E-state index in [2.05, 4.69) is 15.5 Å². The molecule has 0 aliphatic carbocycles. The molecule has 2 amide bonds. The Balaban J connectivity index is 1.89. The van der Waals surface area contributed by atoms with Crippen molar-refractivity contribution in [1.29, 1.82) is 0 Å². The minimum Gasteiger partial charge on any atom is -0.370 e. The molecular formula is C19H17ClN4O2. The molecule has 1 heterocycles. The highest BCUT2D eigenvalue weighted by molar-refractivity contribution is 6.33. The minimum absolute atomic E-state index is 0.00493. The largest absolute Gasteiger partial charge is 0.370 e. The molecular weight excluding hydrogens is 352 g/mol. The van der Waals surface area contributed by atoms with E-state index >= 15 is 0 Å². The van der Waals surface area contributed by atoms with Crippen LogP contribution in [0.3, 0.4) is 0 Å². The summed E-state index contributed by atoms with van der Waals surface area (Å²) in [6, 6.07) is 15.8. The number of halogens is 1. The molecule has 4 N–H and O–H groups in total. The van der Waals surface area contributed by atoms with Crippen molar-refractivity contribution in [3.8, 4) is 11.3 Å². The number of primary amides is 1. The normalized spacial score (nSPS) is 11.7. The van der Waals surface area contributed by atoms with Crippen LogP contribution in [-0.2, 0) is 4.79 Å². The van der Waals surface area contributed by atoms with Crippen molar-refractivity contribution in [2.75, 3.05) is 0 Å². The Hall–Kier alpha value is -3.12. The SMILES string of the molecule is NC(=O)C[C@H](NC(=O)c1cn[nH]c1-c1ccccc1Cl)c1ccccc1. The van der Waals surface area contributed by atoms with Crippen molar-refractivity contribution in [3.63, 3.8) is 0 Å². The summed E-state index contributed by atoms with van der Waals surface area (Å²) in [4.78, 5) is 24.2. The van der Waals surface area contributed by atoms with E-state index in [1.165, 1.54) is 6.20 Å². The second kappa shape index (κ2) is 7.84. The Morgan fingerprint density at radius 2 is 1.81 bits per heavy atom. The molecule has 3 rings (SSSR count). The number of carbonyl (C=O) groups is 2. The van der Waals surface area contributed by atoms with Gasteiger partial charge in [-0.1, -0.05) is 60.1 Å². The van der Waals surface area contributed by atoms with E-state index in [0.717, 1.165) is 5.56 Å². The van der Waals surface area contributed by atoms with Gasteiger partial charge in [-0.25, -0.2) is 0 Å². The number of nitrogens with two attached hydrogens (primary N) is 1. The van der Waals surface area contributed by atoms with E-state index in [1.807, 2.05) is 36.4 Å². The molecule has 0 saturated carbocycles. The number of rotatable bonds is 6. The Morgan fingerprint density at radius 1 is 1.12 bits per heavy atom. The number of aromatic nitrogens is 2. The summed E-state index contributed by atoms with van der Waals surface area (Å²) in [5, 5.41) is 10.1. The molecule has 0 fully saturated rings. The highest BCUT2D eigenvalue weighted by Gasteiger charge is 2.22. The quantitative estimate of drug-likeness (QED) is 0.623. The maximum absolute atomic E-state index is 12.8. The van der Waals surface area contributed by atoms with Gasteiger partial charge in [-0.3, -0.25) is 14.7 Å². The Morgan fingerprint density at radius 3 is 2.50 bits per heavy atom. The summed E-state index contributed by atoms with van der Waals surface area (Å²) >= 11 is 6.22. The summed E-state index contributed by atoms with van der Waals surface area (Å²) in [6.07, 6.45) is 1.43. The standard InChI is InChI=1S/C19H17ClN4O2/c20-15-9-5-4-8-13(15)18-14(11-22-24-18)19(26)23-16(10-17(21)25)12-6-2-1-3-7-12/h1-9,11,16H,10H2,(H2,21,25)(H,22,24)(H,23,26)/t16-/m0/s1. The van der Waals surface area contributed by atoms with E-state index in [0.29, 0.717) is 21.8 Å². The molecule has 2 aromatic carbocycles. The predicted octanol–water partition coefficient (Wildman–Crippen LogP) is 3.08. The monoisotopic (exact) mass is 368 g/mol. The number of nitrogens with one attached hydrogen (secondary N) is 2. The first-order valence-corrected chi connectivity index (χ1v) is 8.36. The first-order chi connectivity index (χ1) is 12.6. The van der Waals surface area contributed by atoms with Crippen LogP contribution in [0.5, 0.6) is 0 Å². The smallest absolute Gasteiger partial charge is 0.255 e. The van der Waals surface area contributed by atoms with Gasteiger partial charge in [0.25, 0.3) is 5.91 Å². The van der Waals surface area contributed by atoms with Gasteiger partial charge in [0.1, 0.15) is 0 Å². The molecule has 0 spiro atoms. The molecule has 0 aliphatic heterocycles. The molecule has 0 aliphatic rings. The van der Waals surface area contributed by atoms with E-state index in [-0.39, 0.29) is 12.3 Å². The first-order valence-electron chi connectivity index (χ1n) is 7.98. The molecule has 0 saturated heterocycles. The Bertz CT molecular complexity index is 924. The zero-order chi connectivity index (χ0) is 18.5. The zero-order valence-corrected chi connectivity index (χ0v) is 14.5. The van der Waals surface area contributed by atoms with Crippen LogP contribution in [0.2, 0.25) is 5.02 Å². The third-order valence-corrected chi connectivity index (χ3v) is 4.27. The maximum atomic E-state index is 12.8. The zero-order valence-electron chi connectivity index (χ0n) is 13.8. The van der Waals surface area contributed by atoms with Gasteiger partial charge in [0, 0.05) is 10.6 Å². The number of hydrogen-bond acceptors (Lipinski definition) is 3. The Labute approximate surface area is 155 Å².